The van der Waals surface area contributed by atoms with E-state index in [4.69, 9.17) is 0 Å². The number of carbonyl (C=O) groups excluding carboxylic acids is 2. The van der Waals surface area contributed by atoms with Crippen molar-refractivity contribution in [2.75, 3.05) is 18.5 Å². The molecule has 0 unspecified atom stereocenters. The molecule has 0 N–H and O–H groups in total. The molecule has 2 aliphatic rings. The summed E-state index contributed by atoms with van der Waals surface area (Å²) in [5, 5.41) is 11.8. The minimum absolute atomic E-state index is 0.00285. The van der Waals surface area contributed by atoms with E-state index in [2.05, 4.69) is 75.1 Å². The van der Waals surface area contributed by atoms with E-state index in [9.17, 15) is 14.9 Å². The highest BCUT2D eigenvalue weighted by Gasteiger charge is 2.41. The number of likely N-dealkylation sites (N-methyl/N-ethyl adjacent to an activating group) is 2. The van der Waals surface area contributed by atoms with Crippen molar-refractivity contribution < 1.29 is 9.59 Å². The van der Waals surface area contributed by atoms with Crippen LogP contribution in [0, 0.1) is 11.3 Å². The zero-order valence-corrected chi connectivity index (χ0v) is 21.7. The standard InChI is InChI=1S/C31H31N3O2/c1-7-34-26-18-17-22-14-11-12-16-24(22)27(26)31(4,5)28(34)20(2)13-9-8-10-15-23-21(3)25(19-32)30(36)33(6)29(23)35/h8-18H,7H2,1-6H3/b10-8+,13-9+,23-15?,28-20+. The number of carbonyl (C=O) groups is 2. The number of fused-ring (bicyclic) bond motifs is 3. The van der Waals surface area contributed by atoms with Crippen molar-refractivity contribution in [1.29, 1.82) is 5.26 Å². The molecule has 5 nitrogen and oxygen atoms in total. The van der Waals surface area contributed by atoms with Crippen molar-refractivity contribution in [3.05, 3.63) is 100 Å². The fourth-order valence-corrected chi connectivity index (χ4v) is 5.47. The second-order valence-corrected chi connectivity index (χ2v) is 9.69. The number of imide groups is 1. The zero-order chi connectivity index (χ0) is 26.2. The number of rotatable bonds is 4. The molecular formula is C31H31N3O2. The monoisotopic (exact) mass is 477 g/mol. The maximum absolute atomic E-state index is 12.5. The van der Waals surface area contributed by atoms with Gasteiger partial charge in [0.05, 0.1) is 0 Å². The third kappa shape index (κ3) is 3.89. The highest BCUT2D eigenvalue weighted by atomic mass is 16.2. The Morgan fingerprint density at radius 3 is 2.47 bits per heavy atom. The molecule has 0 fully saturated rings. The topological polar surface area (TPSA) is 64.4 Å². The molecule has 0 aliphatic carbocycles. The second kappa shape index (κ2) is 9.47. The summed E-state index contributed by atoms with van der Waals surface area (Å²) in [7, 11) is 1.39. The third-order valence-corrected chi connectivity index (χ3v) is 7.15. The smallest absolute Gasteiger partial charge is 0.271 e. The second-order valence-electron chi connectivity index (χ2n) is 9.69. The normalized spacial score (nSPS) is 20.3. The van der Waals surface area contributed by atoms with Crippen molar-refractivity contribution >= 4 is 28.3 Å². The van der Waals surface area contributed by atoms with Crippen molar-refractivity contribution in [3.8, 4) is 6.07 Å². The molecule has 4 rings (SSSR count). The van der Waals surface area contributed by atoms with Crippen molar-refractivity contribution in [3.63, 3.8) is 0 Å². The Balaban J connectivity index is 1.67. The molecule has 0 radical (unpaired) electrons. The predicted octanol–water partition coefficient (Wildman–Crippen LogP) is 6.11. The number of allylic oxidation sites excluding steroid dienone is 7. The van der Waals surface area contributed by atoms with Crippen LogP contribution in [0.2, 0.25) is 0 Å². The van der Waals surface area contributed by atoms with Gasteiger partial charge in [-0.3, -0.25) is 14.5 Å². The molecule has 182 valence electrons. The number of anilines is 1. The van der Waals surface area contributed by atoms with E-state index in [-0.39, 0.29) is 11.0 Å². The van der Waals surface area contributed by atoms with Crippen molar-refractivity contribution in [2.24, 2.45) is 0 Å². The fourth-order valence-electron chi connectivity index (χ4n) is 5.47. The summed E-state index contributed by atoms with van der Waals surface area (Å²) >= 11 is 0. The molecular weight excluding hydrogens is 446 g/mol. The van der Waals surface area contributed by atoms with E-state index < -0.39 is 11.8 Å². The summed E-state index contributed by atoms with van der Waals surface area (Å²) in [6, 6.07) is 14.9. The molecule has 0 bridgehead atoms. The van der Waals surface area contributed by atoms with Gasteiger partial charge in [-0.25, -0.2) is 0 Å². The zero-order valence-electron chi connectivity index (χ0n) is 21.7. The highest BCUT2D eigenvalue weighted by molar-refractivity contribution is 6.17. The minimum Gasteiger partial charge on any atom is -0.344 e. The maximum atomic E-state index is 12.5. The van der Waals surface area contributed by atoms with Crippen LogP contribution in [0.1, 0.15) is 40.2 Å². The Kier molecular flexibility index (Phi) is 6.56. The molecule has 2 aromatic rings. The molecule has 2 aliphatic heterocycles. The van der Waals surface area contributed by atoms with Crippen LogP contribution in [0.3, 0.4) is 0 Å². The van der Waals surface area contributed by atoms with Gasteiger partial charge in [0.15, 0.2) is 0 Å². The molecule has 0 saturated carbocycles. The number of nitrogens with zero attached hydrogens (tertiary/aromatic N) is 3. The van der Waals surface area contributed by atoms with Gasteiger partial charge in [-0.05, 0) is 60.4 Å². The Morgan fingerprint density at radius 1 is 1.06 bits per heavy atom. The van der Waals surface area contributed by atoms with Gasteiger partial charge in [0, 0.05) is 36.0 Å². The minimum atomic E-state index is -0.559. The van der Waals surface area contributed by atoms with E-state index in [1.54, 1.807) is 19.1 Å². The van der Waals surface area contributed by atoms with Gasteiger partial charge in [-0.2, -0.15) is 5.26 Å². The summed E-state index contributed by atoms with van der Waals surface area (Å²) in [5.41, 5.74) is 5.67. The predicted molar refractivity (Wildman–Crippen MR) is 145 cm³/mol. The van der Waals surface area contributed by atoms with Crippen LogP contribution in [0.15, 0.2) is 94.8 Å². The van der Waals surface area contributed by atoms with Crippen LogP contribution in [-0.4, -0.2) is 30.3 Å². The summed E-state index contributed by atoms with van der Waals surface area (Å²) in [6.45, 7) is 11.4. The number of hydrogen-bond acceptors (Lipinski definition) is 4. The van der Waals surface area contributed by atoms with Gasteiger partial charge in [-0.15, -0.1) is 0 Å². The number of benzene rings is 2. The van der Waals surface area contributed by atoms with Crippen molar-refractivity contribution in [1.82, 2.24) is 4.90 Å². The molecule has 0 spiro atoms. The largest absolute Gasteiger partial charge is 0.344 e. The lowest BCUT2D eigenvalue weighted by Gasteiger charge is -2.28. The molecule has 0 atom stereocenters. The lowest BCUT2D eigenvalue weighted by molar-refractivity contribution is -0.138. The first kappa shape index (κ1) is 24.9. The summed E-state index contributed by atoms with van der Waals surface area (Å²) in [4.78, 5) is 28.0. The van der Waals surface area contributed by atoms with E-state index >= 15 is 0 Å². The molecule has 5 heteroatoms. The van der Waals surface area contributed by atoms with Crippen LogP contribution in [0.4, 0.5) is 5.69 Å². The third-order valence-electron chi connectivity index (χ3n) is 7.15. The summed E-state index contributed by atoms with van der Waals surface area (Å²) in [5.74, 6) is -0.962. The van der Waals surface area contributed by atoms with Crippen LogP contribution in [0.25, 0.3) is 10.8 Å². The first-order chi connectivity index (χ1) is 17.1. The highest BCUT2D eigenvalue weighted by Crippen LogP contribution is 2.51. The molecule has 2 heterocycles. The Labute approximate surface area is 213 Å². The first-order valence-electron chi connectivity index (χ1n) is 12.1. The van der Waals surface area contributed by atoms with Crippen LogP contribution in [0.5, 0.6) is 0 Å². The van der Waals surface area contributed by atoms with Crippen LogP contribution in [-0.2, 0) is 15.0 Å². The fraction of sp³-hybridized carbons (Fsp3) is 0.258. The van der Waals surface area contributed by atoms with Gasteiger partial charge in [0.25, 0.3) is 11.8 Å². The van der Waals surface area contributed by atoms with Gasteiger partial charge in [0.2, 0.25) is 0 Å². The SMILES string of the molecule is CCN1/C(=C(C)/C=C/C=C/C=C2C(=O)N(C)C(=O)C(C#N)=C2C)C(C)(C)c2c1ccc1ccccc21. The van der Waals surface area contributed by atoms with Gasteiger partial charge in [0.1, 0.15) is 11.6 Å². The van der Waals surface area contributed by atoms with Crippen molar-refractivity contribution in [2.45, 2.75) is 40.0 Å². The van der Waals surface area contributed by atoms with E-state index in [1.165, 1.54) is 40.3 Å². The number of nitriles is 1. The first-order valence-corrected chi connectivity index (χ1v) is 12.1. The molecule has 0 aromatic heterocycles. The lowest BCUT2D eigenvalue weighted by atomic mass is 9.80. The quantitative estimate of drug-likeness (QED) is 0.303. The Hall–Kier alpha value is -4.17. The Morgan fingerprint density at radius 2 is 1.78 bits per heavy atom. The maximum Gasteiger partial charge on any atom is 0.271 e. The molecule has 2 aromatic carbocycles. The average molecular weight is 478 g/mol. The van der Waals surface area contributed by atoms with E-state index in [0.717, 1.165) is 11.4 Å². The molecule has 0 saturated heterocycles. The lowest BCUT2D eigenvalue weighted by Crippen LogP contribution is -2.39. The summed E-state index contributed by atoms with van der Waals surface area (Å²) < 4.78 is 0. The number of hydrogen-bond donors (Lipinski definition) is 0. The Bertz CT molecular complexity index is 1470. The van der Waals surface area contributed by atoms with Gasteiger partial charge < -0.3 is 4.90 Å². The van der Waals surface area contributed by atoms with Crippen LogP contribution >= 0.6 is 0 Å². The molecule has 2 amide bonds. The van der Waals surface area contributed by atoms with E-state index in [0.29, 0.717) is 11.1 Å². The van der Waals surface area contributed by atoms with Crippen LogP contribution < -0.4 is 4.90 Å². The molecule has 36 heavy (non-hydrogen) atoms. The summed E-state index contributed by atoms with van der Waals surface area (Å²) in [6.07, 6.45) is 9.33. The van der Waals surface area contributed by atoms with Gasteiger partial charge in [-0.1, -0.05) is 68.5 Å². The van der Waals surface area contributed by atoms with Gasteiger partial charge >= 0.3 is 0 Å². The average Bonchev–Trinajstić information content (AvgIpc) is 3.11. The number of amides is 2. The van der Waals surface area contributed by atoms with E-state index in [1.807, 2.05) is 18.2 Å².